The van der Waals surface area contributed by atoms with Gasteiger partial charge in [-0.1, -0.05) is 0 Å². The Bertz CT molecular complexity index is 273. The molecular weight excluding hydrogens is 264 g/mol. The molecule has 2 heterocycles. The molecule has 0 radical (unpaired) electrons. The zero-order valence-corrected chi connectivity index (χ0v) is 12.6. The predicted molar refractivity (Wildman–Crippen MR) is 78.4 cm³/mol. The molecule has 0 bridgehead atoms. The highest BCUT2D eigenvalue weighted by Crippen LogP contribution is 2.22. The molecule has 5 heteroatoms. The van der Waals surface area contributed by atoms with Crippen molar-refractivity contribution in [1.29, 1.82) is 0 Å². The van der Waals surface area contributed by atoms with Gasteiger partial charge in [-0.3, -0.25) is 4.79 Å². The third kappa shape index (κ3) is 4.93. The molecule has 0 aliphatic carbocycles. The third-order valence-corrected chi connectivity index (χ3v) is 4.50. The van der Waals surface area contributed by atoms with E-state index in [9.17, 15) is 9.90 Å². The first-order valence-corrected chi connectivity index (χ1v) is 7.33. The minimum atomic E-state index is -0.230. The number of hydrogen-bond donors (Lipinski definition) is 2. The maximum atomic E-state index is 12.1. The number of nitrogens with one attached hydrogen (secondary N) is 1. The summed E-state index contributed by atoms with van der Waals surface area (Å²) in [7, 11) is 0. The standard InChI is InChI=1S/C14H26N2O2.ClH/c1-11(17)13-5-8-16(9-6-13)14(18)3-2-12-4-7-15-10-12;/h11-13,15,17H,2-10H2,1H3;1H. The quantitative estimate of drug-likeness (QED) is 0.823. The van der Waals surface area contributed by atoms with Gasteiger partial charge in [-0.15, -0.1) is 12.4 Å². The van der Waals surface area contributed by atoms with Gasteiger partial charge in [-0.2, -0.15) is 0 Å². The van der Waals surface area contributed by atoms with Crippen LogP contribution in [-0.4, -0.2) is 48.2 Å². The summed E-state index contributed by atoms with van der Waals surface area (Å²) in [5.74, 6) is 1.39. The molecule has 2 unspecified atom stereocenters. The Morgan fingerprint density at radius 3 is 2.58 bits per heavy atom. The molecule has 0 aromatic heterocycles. The number of aliphatic hydroxyl groups is 1. The van der Waals surface area contributed by atoms with Crippen molar-refractivity contribution in [2.45, 2.75) is 45.1 Å². The SMILES string of the molecule is CC(O)C1CCN(C(=O)CCC2CCNC2)CC1.Cl. The summed E-state index contributed by atoms with van der Waals surface area (Å²) in [5.41, 5.74) is 0. The van der Waals surface area contributed by atoms with Gasteiger partial charge >= 0.3 is 0 Å². The van der Waals surface area contributed by atoms with Gasteiger partial charge in [0.15, 0.2) is 0 Å². The second-order valence-corrected chi connectivity index (χ2v) is 5.86. The van der Waals surface area contributed by atoms with Crippen molar-refractivity contribution < 1.29 is 9.90 Å². The molecule has 4 nitrogen and oxygen atoms in total. The number of hydrogen-bond acceptors (Lipinski definition) is 3. The summed E-state index contributed by atoms with van der Waals surface area (Å²) in [6, 6.07) is 0. The molecule has 112 valence electrons. The van der Waals surface area contributed by atoms with Crippen molar-refractivity contribution in [1.82, 2.24) is 10.2 Å². The van der Waals surface area contributed by atoms with E-state index >= 15 is 0 Å². The first-order valence-electron chi connectivity index (χ1n) is 7.33. The Balaban J connectivity index is 0.00000180. The summed E-state index contributed by atoms with van der Waals surface area (Å²) >= 11 is 0. The molecule has 2 N–H and O–H groups in total. The lowest BCUT2D eigenvalue weighted by atomic mass is 9.92. The molecule has 2 aliphatic rings. The smallest absolute Gasteiger partial charge is 0.222 e. The van der Waals surface area contributed by atoms with Crippen LogP contribution in [0.15, 0.2) is 0 Å². The lowest BCUT2D eigenvalue weighted by Gasteiger charge is -2.33. The molecule has 0 aromatic rings. The van der Waals surface area contributed by atoms with Crippen LogP contribution in [0.2, 0.25) is 0 Å². The van der Waals surface area contributed by atoms with Gasteiger partial charge in [-0.05, 0) is 57.5 Å². The average molecular weight is 291 g/mol. The number of halogens is 1. The molecular formula is C14H27ClN2O2. The second kappa shape index (κ2) is 8.08. The maximum absolute atomic E-state index is 12.1. The molecule has 2 atom stereocenters. The van der Waals surface area contributed by atoms with Crippen molar-refractivity contribution in [2.24, 2.45) is 11.8 Å². The highest BCUT2D eigenvalue weighted by molar-refractivity contribution is 5.85. The van der Waals surface area contributed by atoms with Gasteiger partial charge in [0, 0.05) is 19.5 Å². The molecule has 0 spiro atoms. The Hall–Kier alpha value is -0.320. The largest absolute Gasteiger partial charge is 0.393 e. The molecule has 2 aliphatic heterocycles. The van der Waals surface area contributed by atoms with Crippen LogP contribution in [0.25, 0.3) is 0 Å². The van der Waals surface area contributed by atoms with Crippen LogP contribution in [0, 0.1) is 11.8 Å². The number of carbonyl (C=O) groups is 1. The summed E-state index contributed by atoms with van der Waals surface area (Å²) < 4.78 is 0. The highest BCUT2D eigenvalue weighted by Gasteiger charge is 2.25. The van der Waals surface area contributed by atoms with Crippen molar-refractivity contribution in [2.75, 3.05) is 26.2 Å². The van der Waals surface area contributed by atoms with E-state index in [1.165, 1.54) is 6.42 Å². The first kappa shape index (κ1) is 16.7. The maximum Gasteiger partial charge on any atom is 0.222 e. The summed E-state index contributed by atoms with van der Waals surface area (Å²) in [4.78, 5) is 14.1. The van der Waals surface area contributed by atoms with Crippen molar-refractivity contribution >= 4 is 18.3 Å². The molecule has 0 aromatic carbocycles. The normalized spacial score (nSPS) is 26.0. The Morgan fingerprint density at radius 2 is 2.05 bits per heavy atom. The van der Waals surface area contributed by atoms with Crippen LogP contribution in [0.3, 0.4) is 0 Å². The number of aliphatic hydroxyl groups excluding tert-OH is 1. The number of likely N-dealkylation sites (tertiary alicyclic amines) is 1. The van der Waals surface area contributed by atoms with Crippen molar-refractivity contribution in [3.05, 3.63) is 0 Å². The third-order valence-electron chi connectivity index (χ3n) is 4.50. The molecule has 2 saturated heterocycles. The average Bonchev–Trinajstić information content (AvgIpc) is 2.89. The van der Waals surface area contributed by atoms with Crippen molar-refractivity contribution in [3.8, 4) is 0 Å². The van der Waals surface area contributed by atoms with E-state index in [-0.39, 0.29) is 18.5 Å². The van der Waals surface area contributed by atoms with Crippen molar-refractivity contribution in [3.63, 3.8) is 0 Å². The fraction of sp³-hybridized carbons (Fsp3) is 0.929. The fourth-order valence-electron chi connectivity index (χ4n) is 3.08. The minimum Gasteiger partial charge on any atom is -0.393 e. The molecule has 19 heavy (non-hydrogen) atoms. The Labute approximate surface area is 122 Å². The Kier molecular flexibility index (Phi) is 7.11. The molecule has 2 rings (SSSR count). The summed E-state index contributed by atoms with van der Waals surface area (Å²) in [6.45, 7) is 5.71. The van der Waals surface area contributed by atoms with E-state index in [0.29, 0.717) is 24.2 Å². The number of carbonyl (C=O) groups excluding carboxylic acids is 1. The molecule has 2 fully saturated rings. The number of nitrogens with zero attached hydrogens (tertiary/aromatic N) is 1. The topological polar surface area (TPSA) is 52.6 Å². The monoisotopic (exact) mass is 290 g/mol. The van der Waals surface area contributed by atoms with Crippen LogP contribution >= 0.6 is 12.4 Å². The van der Waals surface area contributed by atoms with E-state index in [4.69, 9.17) is 0 Å². The highest BCUT2D eigenvalue weighted by atomic mass is 35.5. The lowest BCUT2D eigenvalue weighted by molar-refractivity contribution is -0.133. The predicted octanol–water partition coefficient (Wildman–Crippen LogP) is 1.42. The lowest BCUT2D eigenvalue weighted by Crippen LogP contribution is -2.40. The zero-order chi connectivity index (χ0) is 13.0. The van der Waals surface area contributed by atoms with Crippen LogP contribution in [-0.2, 0) is 4.79 Å². The van der Waals surface area contributed by atoms with Crippen LogP contribution in [0.4, 0.5) is 0 Å². The van der Waals surface area contributed by atoms with Crippen LogP contribution in [0.5, 0.6) is 0 Å². The number of rotatable bonds is 4. The number of amides is 1. The van der Waals surface area contributed by atoms with E-state index < -0.39 is 0 Å². The van der Waals surface area contributed by atoms with Crippen LogP contribution < -0.4 is 5.32 Å². The van der Waals surface area contributed by atoms with Gasteiger partial charge < -0.3 is 15.3 Å². The Morgan fingerprint density at radius 1 is 1.37 bits per heavy atom. The molecule has 0 saturated carbocycles. The van der Waals surface area contributed by atoms with E-state index in [2.05, 4.69) is 5.32 Å². The minimum absolute atomic E-state index is 0. The zero-order valence-electron chi connectivity index (χ0n) is 11.8. The first-order chi connectivity index (χ1) is 8.66. The van der Waals surface area contributed by atoms with Gasteiger partial charge in [0.1, 0.15) is 0 Å². The van der Waals surface area contributed by atoms with Gasteiger partial charge in [0.2, 0.25) is 5.91 Å². The second-order valence-electron chi connectivity index (χ2n) is 5.86. The van der Waals surface area contributed by atoms with E-state index in [1.54, 1.807) is 0 Å². The van der Waals surface area contributed by atoms with E-state index in [0.717, 1.165) is 45.4 Å². The summed E-state index contributed by atoms with van der Waals surface area (Å²) in [6.07, 6.45) is 4.63. The fourth-order valence-corrected chi connectivity index (χ4v) is 3.08. The van der Waals surface area contributed by atoms with Gasteiger partial charge in [-0.25, -0.2) is 0 Å². The molecule has 1 amide bonds. The number of piperidine rings is 1. The van der Waals surface area contributed by atoms with E-state index in [1.807, 2.05) is 11.8 Å². The van der Waals surface area contributed by atoms with Crippen LogP contribution in [0.1, 0.15) is 39.0 Å². The summed E-state index contributed by atoms with van der Waals surface area (Å²) in [5, 5.41) is 12.9. The van der Waals surface area contributed by atoms with Gasteiger partial charge in [0.05, 0.1) is 6.10 Å². The van der Waals surface area contributed by atoms with Gasteiger partial charge in [0.25, 0.3) is 0 Å².